The third kappa shape index (κ3) is 5.79. The van der Waals surface area contributed by atoms with Crippen molar-refractivity contribution in [3.8, 4) is 0 Å². The first-order valence-corrected chi connectivity index (χ1v) is 9.77. The standard InChI is InChI=1S/C25H26N2O2/c1-19-12-16-22(17-13-19)26-24(28)18-27(2)25(29)23-11-7-6-10-21(23)15-14-20-8-4-3-5-9-20/h3-13,16-17H,14-15,18H2,1-2H3,(H,26,28). The number of nitrogens with one attached hydrogen (secondary N) is 1. The molecule has 3 aromatic carbocycles. The second-order valence-electron chi connectivity index (χ2n) is 7.22. The normalized spacial score (nSPS) is 10.4. The first-order chi connectivity index (χ1) is 14.0. The quantitative estimate of drug-likeness (QED) is 0.650. The molecule has 148 valence electrons. The van der Waals surface area contributed by atoms with E-state index in [0.29, 0.717) is 5.56 Å². The van der Waals surface area contributed by atoms with Crippen LogP contribution in [-0.2, 0) is 17.6 Å². The summed E-state index contributed by atoms with van der Waals surface area (Å²) in [6, 6.07) is 25.4. The maximum absolute atomic E-state index is 13.0. The number of likely N-dealkylation sites (N-methyl/N-ethyl adjacent to an activating group) is 1. The summed E-state index contributed by atoms with van der Waals surface area (Å²) in [5.41, 5.74) is 4.73. The lowest BCUT2D eigenvalue weighted by atomic mass is 9.99. The Bertz CT molecular complexity index is 966. The second-order valence-corrected chi connectivity index (χ2v) is 7.22. The summed E-state index contributed by atoms with van der Waals surface area (Å²) in [4.78, 5) is 26.8. The van der Waals surface area contributed by atoms with Gasteiger partial charge in [0.25, 0.3) is 5.91 Å². The van der Waals surface area contributed by atoms with Gasteiger partial charge in [0.05, 0.1) is 6.54 Å². The van der Waals surface area contributed by atoms with Crippen molar-refractivity contribution < 1.29 is 9.59 Å². The van der Waals surface area contributed by atoms with Crippen LogP contribution in [-0.4, -0.2) is 30.3 Å². The summed E-state index contributed by atoms with van der Waals surface area (Å²) >= 11 is 0. The molecule has 4 nitrogen and oxygen atoms in total. The molecule has 0 aliphatic carbocycles. The van der Waals surface area contributed by atoms with Gasteiger partial charge in [0.1, 0.15) is 0 Å². The number of amides is 2. The van der Waals surface area contributed by atoms with Gasteiger partial charge in [-0.25, -0.2) is 0 Å². The highest BCUT2D eigenvalue weighted by Gasteiger charge is 2.18. The number of nitrogens with zero attached hydrogens (tertiary/aromatic N) is 1. The fourth-order valence-corrected chi connectivity index (χ4v) is 3.20. The van der Waals surface area contributed by atoms with E-state index >= 15 is 0 Å². The van der Waals surface area contributed by atoms with E-state index in [0.717, 1.165) is 29.7 Å². The largest absolute Gasteiger partial charge is 0.332 e. The van der Waals surface area contributed by atoms with E-state index in [1.54, 1.807) is 7.05 Å². The molecule has 0 atom stereocenters. The van der Waals surface area contributed by atoms with Crippen LogP contribution in [0.1, 0.15) is 27.0 Å². The average Bonchev–Trinajstić information content (AvgIpc) is 2.74. The van der Waals surface area contributed by atoms with Crippen molar-refractivity contribution in [1.82, 2.24) is 4.90 Å². The molecule has 0 spiro atoms. The first-order valence-electron chi connectivity index (χ1n) is 9.77. The van der Waals surface area contributed by atoms with Crippen LogP contribution >= 0.6 is 0 Å². The van der Waals surface area contributed by atoms with Gasteiger partial charge >= 0.3 is 0 Å². The molecular weight excluding hydrogens is 360 g/mol. The van der Waals surface area contributed by atoms with Crippen LogP contribution in [0.5, 0.6) is 0 Å². The smallest absolute Gasteiger partial charge is 0.254 e. The molecule has 0 heterocycles. The highest BCUT2D eigenvalue weighted by atomic mass is 16.2. The van der Waals surface area contributed by atoms with Crippen LogP contribution < -0.4 is 5.32 Å². The molecular formula is C25H26N2O2. The second kappa shape index (κ2) is 9.69. The van der Waals surface area contributed by atoms with Gasteiger partial charge in [-0.05, 0) is 49.1 Å². The topological polar surface area (TPSA) is 49.4 Å². The highest BCUT2D eigenvalue weighted by Crippen LogP contribution is 2.15. The summed E-state index contributed by atoms with van der Waals surface area (Å²) in [6.45, 7) is 1.99. The predicted octanol–water partition coefficient (Wildman–Crippen LogP) is 4.49. The molecule has 0 aromatic heterocycles. The van der Waals surface area contributed by atoms with Crippen molar-refractivity contribution in [1.29, 1.82) is 0 Å². The van der Waals surface area contributed by atoms with Crippen molar-refractivity contribution in [3.63, 3.8) is 0 Å². The van der Waals surface area contributed by atoms with Gasteiger partial charge in [-0.15, -0.1) is 0 Å². The lowest BCUT2D eigenvalue weighted by molar-refractivity contribution is -0.116. The van der Waals surface area contributed by atoms with Gasteiger partial charge in [0.15, 0.2) is 0 Å². The molecule has 0 saturated heterocycles. The minimum absolute atomic E-state index is 0.000269. The average molecular weight is 386 g/mol. The minimum Gasteiger partial charge on any atom is -0.332 e. The Hall–Kier alpha value is -3.40. The predicted molar refractivity (Wildman–Crippen MR) is 117 cm³/mol. The molecule has 0 bridgehead atoms. The fourth-order valence-electron chi connectivity index (χ4n) is 3.20. The number of carbonyl (C=O) groups excluding carboxylic acids is 2. The molecule has 4 heteroatoms. The zero-order chi connectivity index (χ0) is 20.6. The summed E-state index contributed by atoms with van der Waals surface area (Å²) in [5.74, 6) is -0.362. The number of rotatable bonds is 7. The third-order valence-corrected chi connectivity index (χ3v) is 4.84. The van der Waals surface area contributed by atoms with Crippen LogP contribution in [0.25, 0.3) is 0 Å². The molecule has 3 aromatic rings. The molecule has 0 aliphatic rings. The van der Waals surface area contributed by atoms with Gasteiger partial charge < -0.3 is 10.2 Å². The van der Waals surface area contributed by atoms with Crippen molar-refractivity contribution in [3.05, 3.63) is 101 Å². The van der Waals surface area contributed by atoms with E-state index < -0.39 is 0 Å². The van der Waals surface area contributed by atoms with Crippen LogP contribution in [0.15, 0.2) is 78.9 Å². The Balaban J connectivity index is 1.63. The van der Waals surface area contributed by atoms with Crippen molar-refractivity contribution in [2.45, 2.75) is 19.8 Å². The number of benzene rings is 3. The zero-order valence-corrected chi connectivity index (χ0v) is 16.9. The van der Waals surface area contributed by atoms with Crippen molar-refractivity contribution in [2.24, 2.45) is 0 Å². The Morgan fingerprint density at radius 2 is 1.48 bits per heavy atom. The van der Waals surface area contributed by atoms with Gasteiger partial charge in [-0.1, -0.05) is 66.2 Å². The van der Waals surface area contributed by atoms with Crippen molar-refractivity contribution >= 4 is 17.5 Å². The maximum atomic E-state index is 13.0. The highest BCUT2D eigenvalue weighted by molar-refractivity contribution is 6.00. The Morgan fingerprint density at radius 3 is 2.21 bits per heavy atom. The summed E-state index contributed by atoms with van der Waals surface area (Å²) in [5, 5.41) is 2.83. The van der Waals surface area contributed by atoms with E-state index in [1.807, 2.05) is 73.7 Å². The number of hydrogen-bond acceptors (Lipinski definition) is 2. The first kappa shape index (κ1) is 20.3. The van der Waals surface area contributed by atoms with Gasteiger partial charge in [-0.2, -0.15) is 0 Å². The fraction of sp³-hybridized carbons (Fsp3) is 0.200. The summed E-state index contributed by atoms with van der Waals surface area (Å²) in [7, 11) is 1.66. The lowest BCUT2D eigenvalue weighted by Gasteiger charge is -2.19. The third-order valence-electron chi connectivity index (χ3n) is 4.84. The molecule has 0 radical (unpaired) electrons. The zero-order valence-electron chi connectivity index (χ0n) is 16.9. The lowest BCUT2D eigenvalue weighted by Crippen LogP contribution is -2.35. The molecule has 3 rings (SSSR count). The molecule has 1 N–H and O–H groups in total. The minimum atomic E-state index is -0.216. The Morgan fingerprint density at radius 1 is 0.828 bits per heavy atom. The van der Waals surface area contributed by atoms with Crippen LogP contribution in [0.3, 0.4) is 0 Å². The summed E-state index contributed by atoms with van der Waals surface area (Å²) < 4.78 is 0. The molecule has 0 saturated carbocycles. The van der Waals surface area contributed by atoms with E-state index in [1.165, 1.54) is 10.5 Å². The van der Waals surface area contributed by atoms with Crippen LogP contribution in [0.4, 0.5) is 5.69 Å². The van der Waals surface area contributed by atoms with Gasteiger partial charge in [0, 0.05) is 18.3 Å². The number of carbonyl (C=O) groups is 2. The Kier molecular flexibility index (Phi) is 6.80. The molecule has 0 aliphatic heterocycles. The Labute approximate surface area is 172 Å². The van der Waals surface area contributed by atoms with Crippen molar-refractivity contribution in [2.75, 3.05) is 18.9 Å². The maximum Gasteiger partial charge on any atom is 0.254 e. The molecule has 2 amide bonds. The number of hydrogen-bond donors (Lipinski definition) is 1. The van der Waals surface area contributed by atoms with E-state index in [4.69, 9.17) is 0 Å². The molecule has 29 heavy (non-hydrogen) atoms. The number of aryl methyl sites for hydroxylation is 3. The van der Waals surface area contributed by atoms with Gasteiger partial charge in [-0.3, -0.25) is 9.59 Å². The molecule has 0 unspecified atom stereocenters. The SMILES string of the molecule is Cc1ccc(NC(=O)CN(C)C(=O)c2ccccc2CCc2ccccc2)cc1. The van der Waals surface area contributed by atoms with E-state index in [2.05, 4.69) is 17.4 Å². The monoisotopic (exact) mass is 386 g/mol. The van der Waals surface area contributed by atoms with Gasteiger partial charge in [0.2, 0.25) is 5.91 Å². The number of anilines is 1. The van der Waals surface area contributed by atoms with Crippen LogP contribution in [0, 0.1) is 6.92 Å². The molecule has 0 fully saturated rings. The van der Waals surface area contributed by atoms with Crippen LogP contribution in [0.2, 0.25) is 0 Å². The van der Waals surface area contributed by atoms with E-state index in [-0.39, 0.29) is 18.4 Å². The van der Waals surface area contributed by atoms with E-state index in [9.17, 15) is 9.59 Å². The summed E-state index contributed by atoms with van der Waals surface area (Å²) in [6.07, 6.45) is 1.64.